The summed E-state index contributed by atoms with van der Waals surface area (Å²) >= 11 is 0. The molecule has 0 unspecified atom stereocenters. The number of carbonyl (C=O) groups is 4. The van der Waals surface area contributed by atoms with Crippen molar-refractivity contribution in [3.8, 4) is 11.1 Å². The van der Waals surface area contributed by atoms with Gasteiger partial charge in [-0.15, -0.1) is 0 Å². The van der Waals surface area contributed by atoms with E-state index >= 15 is 0 Å². The highest BCUT2D eigenvalue weighted by molar-refractivity contribution is 5.94. The summed E-state index contributed by atoms with van der Waals surface area (Å²) in [5, 5.41) is 36.2. The predicted octanol–water partition coefficient (Wildman–Crippen LogP) is 7.63. The standard InChI is InChI=1S/C18H18O4.C17H14O4/c1-9-5-13(6-10(2)15(9)17(19)20)14-7-11(3)16(18(21)22)12(4)8-14;1-11(13-6-8-15(9-7-13)17(20)21)10-12-2-4-14(5-3-12)16(18)19/h5-8H,1-4H3,(H,19,20)(H,21,22);2-10H,1H3,(H,18,19)(H,20,21)/b;11-10+. The summed E-state index contributed by atoms with van der Waals surface area (Å²) in [5.41, 5.74) is 8.47. The first-order valence-electron chi connectivity index (χ1n) is 13.2. The quantitative estimate of drug-likeness (QED) is 0.163. The number of carboxylic acids is 4. The van der Waals surface area contributed by atoms with Crippen molar-refractivity contribution < 1.29 is 39.6 Å². The number of rotatable bonds is 7. The second-order valence-electron chi connectivity index (χ2n) is 10.2. The number of hydrogen-bond donors (Lipinski definition) is 4. The Balaban J connectivity index is 0.000000236. The lowest BCUT2D eigenvalue weighted by Crippen LogP contribution is -2.05. The first-order chi connectivity index (χ1) is 20.2. The van der Waals surface area contributed by atoms with Gasteiger partial charge in [0.2, 0.25) is 0 Å². The summed E-state index contributed by atoms with van der Waals surface area (Å²) in [6.07, 6.45) is 1.92. The SMILES string of the molecule is C/C(=C\c1ccc(C(=O)O)cc1)c1ccc(C(=O)O)cc1.Cc1cc(-c2cc(C)c(C(=O)O)c(C)c2)cc(C)c1C(=O)O. The van der Waals surface area contributed by atoms with Gasteiger partial charge in [0.15, 0.2) is 0 Å². The van der Waals surface area contributed by atoms with Gasteiger partial charge < -0.3 is 20.4 Å². The van der Waals surface area contributed by atoms with Crippen LogP contribution in [0.3, 0.4) is 0 Å². The predicted molar refractivity (Wildman–Crippen MR) is 165 cm³/mol. The van der Waals surface area contributed by atoms with Crippen LogP contribution in [0.15, 0.2) is 72.8 Å². The summed E-state index contributed by atoms with van der Waals surface area (Å²) in [4.78, 5) is 44.1. The van der Waals surface area contributed by atoms with Crippen LogP contribution in [0.2, 0.25) is 0 Å². The van der Waals surface area contributed by atoms with Gasteiger partial charge in [0.1, 0.15) is 0 Å². The van der Waals surface area contributed by atoms with Crippen LogP contribution >= 0.6 is 0 Å². The molecular formula is C35H32O8. The Labute approximate surface area is 249 Å². The minimum Gasteiger partial charge on any atom is -0.478 e. The van der Waals surface area contributed by atoms with Crippen molar-refractivity contribution in [1.82, 2.24) is 0 Å². The third-order valence-corrected chi connectivity index (χ3v) is 6.95. The van der Waals surface area contributed by atoms with Crippen LogP contribution in [0.5, 0.6) is 0 Å². The Bertz CT molecular complexity index is 1630. The summed E-state index contributed by atoms with van der Waals surface area (Å²) in [6.45, 7) is 8.99. The van der Waals surface area contributed by atoms with Crippen molar-refractivity contribution >= 4 is 35.5 Å². The van der Waals surface area contributed by atoms with E-state index in [-0.39, 0.29) is 11.1 Å². The lowest BCUT2D eigenvalue weighted by atomic mass is 9.92. The normalized spacial score (nSPS) is 10.9. The molecule has 4 N–H and O–H groups in total. The molecule has 4 rings (SSSR count). The zero-order valence-electron chi connectivity index (χ0n) is 24.4. The van der Waals surface area contributed by atoms with E-state index in [2.05, 4.69) is 0 Å². The Morgan fingerprint density at radius 3 is 1.09 bits per heavy atom. The van der Waals surface area contributed by atoms with E-state index in [4.69, 9.17) is 10.2 Å². The molecule has 0 aliphatic rings. The van der Waals surface area contributed by atoms with E-state index in [9.17, 15) is 29.4 Å². The Kier molecular flexibility index (Phi) is 10.0. The van der Waals surface area contributed by atoms with Gasteiger partial charge >= 0.3 is 23.9 Å². The molecule has 8 nitrogen and oxygen atoms in total. The highest BCUT2D eigenvalue weighted by atomic mass is 16.4. The zero-order valence-corrected chi connectivity index (χ0v) is 24.4. The summed E-state index contributed by atoms with van der Waals surface area (Å²) in [5.74, 6) is -3.77. The van der Waals surface area contributed by atoms with Gasteiger partial charge in [0.25, 0.3) is 0 Å². The van der Waals surface area contributed by atoms with Gasteiger partial charge in [0, 0.05) is 0 Å². The second-order valence-corrected chi connectivity index (χ2v) is 10.2. The number of aromatic carboxylic acids is 4. The van der Waals surface area contributed by atoms with Gasteiger partial charge in [-0.2, -0.15) is 0 Å². The molecule has 0 heterocycles. The Hall–Kier alpha value is -5.50. The molecule has 4 aromatic rings. The van der Waals surface area contributed by atoms with Crippen molar-refractivity contribution in [3.63, 3.8) is 0 Å². The minimum absolute atomic E-state index is 0.246. The summed E-state index contributed by atoms with van der Waals surface area (Å²) in [6, 6.07) is 20.5. The van der Waals surface area contributed by atoms with Gasteiger partial charge in [0.05, 0.1) is 22.3 Å². The van der Waals surface area contributed by atoms with Crippen LogP contribution in [-0.2, 0) is 0 Å². The first kappa shape index (κ1) is 32.0. The average molecular weight is 581 g/mol. The number of benzene rings is 4. The minimum atomic E-state index is -0.952. The molecule has 0 radical (unpaired) electrons. The topological polar surface area (TPSA) is 149 Å². The zero-order chi connectivity index (χ0) is 32.0. The first-order valence-corrected chi connectivity index (χ1v) is 13.2. The molecule has 8 heteroatoms. The van der Waals surface area contributed by atoms with Crippen molar-refractivity contribution in [1.29, 1.82) is 0 Å². The van der Waals surface area contributed by atoms with E-state index in [1.54, 1.807) is 76.2 Å². The molecule has 0 amide bonds. The van der Waals surface area contributed by atoms with E-state index in [0.717, 1.165) is 27.8 Å². The number of hydrogen-bond acceptors (Lipinski definition) is 4. The Morgan fingerprint density at radius 2 is 0.791 bits per heavy atom. The van der Waals surface area contributed by atoms with Crippen LogP contribution in [0.1, 0.15) is 81.7 Å². The van der Waals surface area contributed by atoms with Crippen LogP contribution in [-0.4, -0.2) is 44.3 Å². The van der Waals surface area contributed by atoms with E-state index < -0.39 is 23.9 Å². The monoisotopic (exact) mass is 580 g/mol. The molecule has 0 spiro atoms. The van der Waals surface area contributed by atoms with Gasteiger partial charge in [-0.25, -0.2) is 19.2 Å². The third kappa shape index (κ3) is 7.83. The third-order valence-electron chi connectivity index (χ3n) is 6.95. The highest BCUT2D eigenvalue weighted by Crippen LogP contribution is 2.29. The fourth-order valence-corrected chi connectivity index (χ4v) is 4.87. The fraction of sp³-hybridized carbons (Fsp3) is 0.143. The van der Waals surface area contributed by atoms with Crippen LogP contribution in [0, 0.1) is 27.7 Å². The lowest BCUT2D eigenvalue weighted by molar-refractivity contribution is 0.0684. The fourth-order valence-electron chi connectivity index (χ4n) is 4.87. The van der Waals surface area contributed by atoms with E-state index in [1.807, 2.05) is 37.3 Å². The largest absolute Gasteiger partial charge is 0.478 e. The molecule has 0 atom stereocenters. The summed E-state index contributed by atoms with van der Waals surface area (Å²) in [7, 11) is 0. The molecule has 0 aliphatic carbocycles. The van der Waals surface area contributed by atoms with Gasteiger partial charge in [-0.1, -0.05) is 54.6 Å². The molecule has 0 saturated carbocycles. The second kappa shape index (κ2) is 13.4. The number of allylic oxidation sites excluding steroid dienone is 1. The number of aryl methyl sites for hydroxylation is 4. The maximum atomic E-state index is 11.3. The van der Waals surface area contributed by atoms with Crippen molar-refractivity contribution in [2.75, 3.05) is 0 Å². The van der Waals surface area contributed by atoms with E-state index in [1.165, 1.54) is 0 Å². The molecule has 220 valence electrons. The summed E-state index contributed by atoms with van der Waals surface area (Å²) < 4.78 is 0. The van der Waals surface area contributed by atoms with Crippen LogP contribution < -0.4 is 0 Å². The molecule has 0 fully saturated rings. The maximum absolute atomic E-state index is 11.3. The molecule has 0 aliphatic heterocycles. The average Bonchev–Trinajstić information content (AvgIpc) is 2.92. The van der Waals surface area contributed by atoms with Crippen molar-refractivity contribution in [3.05, 3.63) is 128 Å². The number of carboxylic acid groups (broad SMARTS) is 4. The molecule has 0 saturated heterocycles. The molecule has 4 aromatic carbocycles. The van der Waals surface area contributed by atoms with Crippen LogP contribution in [0.25, 0.3) is 22.8 Å². The molecule has 0 aromatic heterocycles. The van der Waals surface area contributed by atoms with Crippen molar-refractivity contribution in [2.24, 2.45) is 0 Å². The Morgan fingerprint density at radius 1 is 0.488 bits per heavy atom. The molecule has 0 bridgehead atoms. The highest BCUT2D eigenvalue weighted by Gasteiger charge is 2.16. The van der Waals surface area contributed by atoms with E-state index in [0.29, 0.717) is 33.4 Å². The van der Waals surface area contributed by atoms with Crippen molar-refractivity contribution in [2.45, 2.75) is 34.6 Å². The molecule has 43 heavy (non-hydrogen) atoms. The van der Waals surface area contributed by atoms with Crippen LogP contribution in [0.4, 0.5) is 0 Å². The molecular weight excluding hydrogens is 548 g/mol. The van der Waals surface area contributed by atoms with Gasteiger partial charge in [-0.05, 0) is 109 Å². The maximum Gasteiger partial charge on any atom is 0.336 e. The smallest absolute Gasteiger partial charge is 0.336 e. The lowest BCUT2D eigenvalue weighted by Gasteiger charge is -2.13. The van der Waals surface area contributed by atoms with Gasteiger partial charge in [-0.3, -0.25) is 0 Å².